The van der Waals surface area contributed by atoms with Crippen molar-refractivity contribution in [3.8, 4) is 0 Å². The predicted molar refractivity (Wildman–Crippen MR) is 51.4 cm³/mol. The van der Waals surface area contributed by atoms with Gasteiger partial charge < -0.3 is 24.1 Å². The van der Waals surface area contributed by atoms with Gasteiger partial charge in [-0.25, -0.2) is 14.4 Å². The van der Waals surface area contributed by atoms with E-state index in [1.807, 2.05) is 0 Å². The highest BCUT2D eigenvalue weighted by molar-refractivity contribution is 5.86. The molecule has 0 aliphatic rings. The maximum atomic E-state index is 10.9. The molecule has 0 saturated carbocycles. The van der Waals surface area contributed by atoms with E-state index in [-0.39, 0.29) is 5.57 Å². The summed E-state index contributed by atoms with van der Waals surface area (Å²) in [5.41, 5.74) is 0.156. The molecular weight excluding hydrogens is 236 g/mol. The molecule has 0 heterocycles. The van der Waals surface area contributed by atoms with E-state index in [0.717, 1.165) is 0 Å². The van der Waals surface area contributed by atoms with Gasteiger partial charge >= 0.3 is 18.1 Å². The van der Waals surface area contributed by atoms with Gasteiger partial charge in [-0.15, -0.1) is 0 Å². The van der Waals surface area contributed by atoms with Crippen LogP contribution in [0, 0.1) is 0 Å². The van der Waals surface area contributed by atoms with Crippen LogP contribution in [-0.2, 0) is 28.5 Å². The van der Waals surface area contributed by atoms with Crippen LogP contribution >= 0.6 is 0 Å². The predicted octanol–water partition coefficient (Wildman–Crippen LogP) is -0.291. The number of hydrogen-bond acceptors (Lipinski definition) is 8. The number of carbonyl (C=O) groups excluding carboxylic acids is 3. The highest BCUT2D eigenvalue weighted by Crippen LogP contribution is 1.93. The SMILES string of the molecule is C=C(C)C(=O)OCOC(=O)COC(=O)OCO. The molecule has 0 aliphatic carbocycles. The molecule has 0 aromatic rings. The van der Waals surface area contributed by atoms with Crippen molar-refractivity contribution >= 4 is 18.1 Å². The van der Waals surface area contributed by atoms with Gasteiger partial charge in [-0.2, -0.15) is 0 Å². The van der Waals surface area contributed by atoms with Crippen LogP contribution in [0.5, 0.6) is 0 Å². The molecule has 1 N–H and O–H groups in total. The van der Waals surface area contributed by atoms with Crippen molar-refractivity contribution in [1.82, 2.24) is 0 Å². The Morgan fingerprint density at radius 3 is 2.29 bits per heavy atom. The molecule has 17 heavy (non-hydrogen) atoms. The van der Waals surface area contributed by atoms with Crippen molar-refractivity contribution in [2.75, 3.05) is 20.2 Å². The molecule has 96 valence electrons. The van der Waals surface area contributed by atoms with Crippen molar-refractivity contribution in [2.24, 2.45) is 0 Å². The van der Waals surface area contributed by atoms with Gasteiger partial charge in [0.25, 0.3) is 0 Å². The van der Waals surface area contributed by atoms with Crippen LogP contribution in [0.4, 0.5) is 4.79 Å². The van der Waals surface area contributed by atoms with Gasteiger partial charge in [0.15, 0.2) is 13.4 Å². The first-order valence-corrected chi connectivity index (χ1v) is 4.36. The summed E-state index contributed by atoms with van der Waals surface area (Å²) in [6.45, 7) is 2.55. The van der Waals surface area contributed by atoms with Gasteiger partial charge in [-0.1, -0.05) is 6.58 Å². The van der Waals surface area contributed by atoms with Gasteiger partial charge in [-0.05, 0) is 6.92 Å². The molecule has 0 saturated heterocycles. The van der Waals surface area contributed by atoms with E-state index in [2.05, 4.69) is 25.5 Å². The van der Waals surface area contributed by atoms with Crippen molar-refractivity contribution in [2.45, 2.75) is 6.92 Å². The standard InChI is InChI=1S/C9H12O8/c1-6(2)8(12)17-5-16-7(11)3-14-9(13)15-4-10/h10H,1,3-5H2,2H3. The number of aliphatic hydroxyl groups is 1. The quantitative estimate of drug-likeness (QED) is 0.388. The van der Waals surface area contributed by atoms with Crippen LogP contribution in [0.1, 0.15) is 6.92 Å². The summed E-state index contributed by atoms with van der Waals surface area (Å²) >= 11 is 0. The summed E-state index contributed by atoms with van der Waals surface area (Å²) in [4.78, 5) is 32.2. The molecule has 0 aromatic heterocycles. The molecule has 0 aliphatic heterocycles. The third kappa shape index (κ3) is 7.79. The summed E-state index contributed by atoms with van der Waals surface area (Å²) in [6.07, 6.45) is -1.22. The summed E-state index contributed by atoms with van der Waals surface area (Å²) in [5.74, 6) is -1.65. The first-order valence-electron chi connectivity index (χ1n) is 4.36. The Kier molecular flexibility index (Phi) is 7.11. The minimum Gasteiger partial charge on any atom is -0.425 e. The van der Waals surface area contributed by atoms with Crippen LogP contribution in [-0.4, -0.2) is 43.4 Å². The van der Waals surface area contributed by atoms with Crippen LogP contribution < -0.4 is 0 Å². The Morgan fingerprint density at radius 2 is 1.76 bits per heavy atom. The molecule has 0 rings (SSSR count). The number of hydrogen-bond donors (Lipinski definition) is 1. The summed E-state index contributed by atoms with van der Waals surface area (Å²) in [6, 6.07) is 0. The monoisotopic (exact) mass is 248 g/mol. The lowest BCUT2D eigenvalue weighted by Gasteiger charge is -2.06. The fourth-order valence-corrected chi connectivity index (χ4v) is 0.526. The normalized spacial score (nSPS) is 9.06. The minimum absolute atomic E-state index is 0.156. The van der Waals surface area contributed by atoms with E-state index in [1.54, 1.807) is 0 Å². The highest BCUT2D eigenvalue weighted by Gasteiger charge is 2.10. The van der Waals surface area contributed by atoms with Gasteiger partial charge in [0.05, 0.1) is 0 Å². The Bertz CT molecular complexity index is 308. The van der Waals surface area contributed by atoms with Gasteiger partial charge in [0.2, 0.25) is 6.79 Å². The van der Waals surface area contributed by atoms with Crippen molar-refractivity contribution in [3.05, 3.63) is 12.2 Å². The molecular formula is C9H12O8. The molecule has 0 atom stereocenters. The molecule has 8 heteroatoms. The topological polar surface area (TPSA) is 108 Å². The lowest BCUT2D eigenvalue weighted by molar-refractivity contribution is -0.167. The molecule has 0 unspecified atom stereocenters. The van der Waals surface area contributed by atoms with E-state index in [0.29, 0.717) is 0 Å². The van der Waals surface area contributed by atoms with E-state index in [1.165, 1.54) is 6.92 Å². The second-order valence-corrected chi connectivity index (χ2v) is 2.66. The molecule has 0 fully saturated rings. The molecule has 0 spiro atoms. The first kappa shape index (κ1) is 14.9. The number of esters is 2. The number of aliphatic hydroxyl groups excluding tert-OH is 1. The van der Waals surface area contributed by atoms with Crippen LogP contribution in [0.25, 0.3) is 0 Å². The second-order valence-electron chi connectivity index (χ2n) is 2.66. The summed E-state index contributed by atoms with van der Waals surface area (Å²) in [5, 5.41) is 8.15. The lowest BCUT2D eigenvalue weighted by atomic mass is 10.4. The molecule has 0 bridgehead atoms. The minimum atomic E-state index is -1.22. The maximum Gasteiger partial charge on any atom is 0.510 e. The second kappa shape index (κ2) is 8.11. The lowest BCUT2D eigenvalue weighted by Crippen LogP contribution is -2.19. The number of rotatable bonds is 6. The van der Waals surface area contributed by atoms with E-state index in [4.69, 9.17) is 5.11 Å². The van der Waals surface area contributed by atoms with Gasteiger partial charge in [-0.3, -0.25) is 0 Å². The van der Waals surface area contributed by atoms with E-state index >= 15 is 0 Å². The van der Waals surface area contributed by atoms with E-state index in [9.17, 15) is 14.4 Å². The number of carbonyl (C=O) groups is 3. The summed E-state index contributed by atoms with van der Waals surface area (Å²) < 4.78 is 17.0. The summed E-state index contributed by atoms with van der Waals surface area (Å²) in [7, 11) is 0. The van der Waals surface area contributed by atoms with Crippen molar-refractivity contribution in [3.63, 3.8) is 0 Å². The largest absolute Gasteiger partial charge is 0.510 e. The zero-order chi connectivity index (χ0) is 13.3. The smallest absolute Gasteiger partial charge is 0.425 e. The zero-order valence-corrected chi connectivity index (χ0v) is 9.13. The van der Waals surface area contributed by atoms with Crippen molar-refractivity contribution in [1.29, 1.82) is 0 Å². The number of ether oxygens (including phenoxy) is 4. The third-order valence-corrected chi connectivity index (χ3v) is 1.25. The molecule has 8 nitrogen and oxygen atoms in total. The van der Waals surface area contributed by atoms with Crippen LogP contribution in [0.2, 0.25) is 0 Å². The maximum absolute atomic E-state index is 10.9. The Morgan fingerprint density at radius 1 is 1.12 bits per heavy atom. The van der Waals surface area contributed by atoms with Crippen LogP contribution in [0.15, 0.2) is 12.2 Å². The zero-order valence-electron chi connectivity index (χ0n) is 9.13. The molecule has 0 aromatic carbocycles. The molecule has 0 amide bonds. The highest BCUT2D eigenvalue weighted by atomic mass is 16.8. The van der Waals surface area contributed by atoms with Crippen molar-refractivity contribution < 1.29 is 38.4 Å². The Hall–Kier alpha value is -2.09. The van der Waals surface area contributed by atoms with Gasteiger partial charge in [0, 0.05) is 5.57 Å². The van der Waals surface area contributed by atoms with Gasteiger partial charge in [0.1, 0.15) is 0 Å². The Balaban J connectivity index is 3.63. The fourth-order valence-electron chi connectivity index (χ4n) is 0.526. The van der Waals surface area contributed by atoms with Crippen LogP contribution in [0.3, 0.4) is 0 Å². The first-order chi connectivity index (χ1) is 7.97. The average molecular weight is 248 g/mol. The fraction of sp³-hybridized carbons (Fsp3) is 0.444. The Labute approximate surface area is 96.7 Å². The molecule has 0 radical (unpaired) electrons. The average Bonchev–Trinajstić information content (AvgIpc) is 2.26. The van der Waals surface area contributed by atoms with E-state index < -0.39 is 38.3 Å². The third-order valence-electron chi connectivity index (χ3n) is 1.25.